The Morgan fingerprint density at radius 1 is 1.42 bits per heavy atom. The number of carbonyl (C=O) groups excluding carboxylic acids is 1. The van der Waals surface area contributed by atoms with E-state index in [0.29, 0.717) is 11.8 Å². The summed E-state index contributed by atoms with van der Waals surface area (Å²) in [7, 11) is 0. The fraction of sp³-hybridized carbons (Fsp3) is 0.889. The highest BCUT2D eigenvalue weighted by Gasteiger charge is 2.56. The van der Waals surface area contributed by atoms with Gasteiger partial charge in [-0.1, -0.05) is 13.8 Å². The first-order valence-electron chi connectivity index (χ1n) is 4.58. The highest BCUT2D eigenvalue weighted by molar-refractivity contribution is 5.78. The Bertz CT molecular complexity index is 203. The van der Waals surface area contributed by atoms with E-state index in [9.17, 15) is 9.90 Å². The average molecular weight is 169 g/mol. The number of hydrogen-bond acceptors (Lipinski definition) is 2. The Morgan fingerprint density at radius 2 is 1.92 bits per heavy atom. The van der Waals surface area contributed by atoms with Crippen LogP contribution < -0.4 is 0 Å². The van der Waals surface area contributed by atoms with Crippen molar-refractivity contribution in [3.05, 3.63) is 0 Å². The lowest BCUT2D eigenvalue weighted by Crippen LogP contribution is -2.35. The predicted molar refractivity (Wildman–Crippen MR) is 44.4 cm³/mol. The Hall–Kier alpha value is -0.570. The molecule has 1 saturated carbocycles. The minimum atomic E-state index is -0.110. The van der Waals surface area contributed by atoms with Crippen molar-refractivity contribution in [3.63, 3.8) is 0 Å². The fourth-order valence-electron chi connectivity index (χ4n) is 2.04. The van der Waals surface area contributed by atoms with Crippen LogP contribution in [0.2, 0.25) is 0 Å². The number of aliphatic hydroxyl groups is 1. The van der Waals surface area contributed by atoms with Gasteiger partial charge in [-0.2, -0.15) is 0 Å². The van der Waals surface area contributed by atoms with Gasteiger partial charge < -0.3 is 10.0 Å². The molecule has 0 aromatic carbocycles. The molecular weight excluding hydrogens is 154 g/mol. The third kappa shape index (κ3) is 1.04. The number of amides is 1. The summed E-state index contributed by atoms with van der Waals surface area (Å²) in [5, 5.41) is 9.25. The van der Waals surface area contributed by atoms with Crippen LogP contribution in [0.25, 0.3) is 0 Å². The van der Waals surface area contributed by atoms with E-state index < -0.39 is 0 Å². The SMILES string of the molecule is CC(C)C(=O)N1C[C@@H]2[C@H](O)[C@@H]2C1. The molecule has 0 bridgehead atoms. The molecule has 1 amide bonds. The molecule has 2 fully saturated rings. The molecular formula is C9H15NO2. The first-order valence-corrected chi connectivity index (χ1v) is 4.58. The molecule has 2 aliphatic rings. The molecule has 0 aromatic heterocycles. The Kier molecular flexibility index (Phi) is 1.65. The number of rotatable bonds is 1. The molecule has 68 valence electrons. The molecule has 12 heavy (non-hydrogen) atoms. The van der Waals surface area contributed by atoms with Crippen LogP contribution in [0.15, 0.2) is 0 Å². The average Bonchev–Trinajstić information content (AvgIpc) is 2.53. The van der Waals surface area contributed by atoms with Gasteiger partial charge in [-0.15, -0.1) is 0 Å². The van der Waals surface area contributed by atoms with Crippen molar-refractivity contribution in [1.82, 2.24) is 4.90 Å². The van der Waals surface area contributed by atoms with E-state index in [4.69, 9.17) is 0 Å². The quantitative estimate of drug-likeness (QED) is 0.604. The summed E-state index contributed by atoms with van der Waals surface area (Å²) in [5.74, 6) is 1.12. The lowest BCUT2D eigenvalue weighted by Gasteiger charge is -2.20. The van der Waals surface area contributed by atoms with Crippen molar-refractivity contribution in [3.8, 4) is 0 Å². The highest BCUT2D eigenvalue weighted by Crippen LogP contribution is 2.45. The molecule has 1 N–H and O–H groups in total. The maximum atomic E-state index is 11.5. The van der Waals surface area contributed by atoms with Crippen molar-refractivity contribution in [1.29, 1.82) is 0 Å². The van der Waals surface area contributed by atoms with Gasteiger partial charge in [0.15, 0.2) is 0 Å². The minimum absolute atomic E-state index is 0.0969. The maximum absolute atomic E-state index is 11.5. The van der Waals surface area contributed by atoms with Crippen LogP contribution in [0.1, 0.15) is 13.8 Å². The van der Waals surface area contributed by atoms with E-state index in [2.05, 4.69) is 0 Å². The lowest BCUT2D eigenvalue weighted by molar-refractivity contribution is -0.134. The predicted octanol–water partition coefficient (Wildman–Crippen LogP) is 0.0915. The molecule has 1 heterocycles. The van der Waals surface area contributed by atoms with Gasteiger partial charge in [0.2, 0.25) is 5.91 Å². The molecule has 3 atom stereocenters. The van der Waals surface area contributed by atoms with E-state index in [0.717, 1.165) is 13.1 Å². The molecule has 1 saturated heterocycles. The van der Waals surface area contributed by atoms with E-state index in [-0.39, 0.29) is 17.9 Å². The van der Waals surface area contributed by atoms with Crippen LogP contribution in [0.5, 0.6) is 0 Å². The van der Waals surface area contributed by atoms with Gasteiger partial charge in [0, 0.05) is 30.8 Å². The van der Waals surface area contributed by atoms with Gasteiger partial charge in [0.05, 0.1) is 6.10 Å². The van der Waals surface area contributed by atoms with Crippen molar-refractivity contribution < 1.29 is 9.90 Å². The van der Waals surface area contributed by atoms with E-state index in [1.54, 1.807) is 0 Å². The largest absolute Gasteiger partial charge is 0.392 e. The van der Waals surface area contributed by atoms with Gasteiger partial charge >= 0.3 is 0 Å². The Labute approximate surface area is 72.4 Å². The van der Waals surface area contributed by atoms with Crippen molar-refractivity contribution in [2.24, 2.45) is 17.8 Å². The van der Waals surface area contributed by atoms with Gasteiger partial charge in [-0.3, -0.25) is 4.79 Å². The molecule has 2 rings (SSSR count). The van der Waals surface area contributed by atoms with Crippen molar-refractivity contribution >= 4 is 5.91 Å². The first kappa shape index (κ1) is 8.05. The standard InChI is InChI=1S/C9H15NO2/c1-5(2)9(12)10-3-6-7(4-10)8(6)11/h5-8,11H,3-4H2,1-2H3/t6-,7+,8-. The van der Waals surface area contributed by atoms with Crippen LogP contribution in [0.3, 0.4) is 0 Å². The second kappa shape index (κ2) is 2.46. The molecule has 3 nitrogen and oxygen atoms in total. The number of hydrogen-bond donors (Lipinski definition) is 1. The molecule has 0 spiro atoms. The zero-order valence-electron chi connectivity index (χ0n) is 7.53. The number of carbonyl (C=O) groups is 1. The van der Waals surface area contributed by atoms with Crippen molar-refractivity contribution in [2.75, 3.05) is 13.1 Å². The number of aliphatic hydroxyl groups excluding tert-OH is 1. The van der Waals surface area contributed by atoms with Gasteiger partial charge in [-0.05, 0) is 0 Å². The van der Waals surface area contributed by atoms with Crippen LogP contribution in [-0.2, 0) is 4.79 Å². The topological polar surface area (TPSA) is 40.5 Å². The Balaban J connectivity index is 1.90. The summed E-state index contributed by atoms with van der Waals surface area (Å²) in [6.45, 7) is 5.40. The van der Waals surface area contributed by atoms with E-state index >= 15 is 0 Å². The fourth-order valence-corrected chi connectivity index (χ4v) is 2.04. The number of piperidine rings is 1. The zero-order valence-corrected chi connectivity index (χ0v) is 7.53. The lowest BCUT2D eigenvalue weighted by atomic mass is 10.2. The summed E-state index contributed by atoms with van der Waals surface area (Å²) in [6, 6.07) is 0. The summed E-state index contributed by atoms with van der Waals surface area (Å²) in [6.07, 6.45) is -0.110. The number of fused-ring (bicyclic) bond motifs is 1. The van der Waals surface area contributed by atoms with Crippen molar-refractivity contribution in [2.45, 2.75) is 20.0 Å². The number of likely N-dealkylation sites (tertiary alicyclic amines) is 1. The van der Waals surface area contributed by atoms with Crippen LogP contribution >= 0.6 is 0 Å². The summed E-state index contributed by atoms with van der Waals surface area (Å²) in [5.41, 5.74) is 0. The Morgan fingerprint density at radius 3 is 2.33 bits per heavy atom. The van der Waals surface area contributed by atoms with Crippen LogP contribution in [0.4, 0.5) is 0 Å². The second-order valence-corrected chi connectivity index (χ2v) is 4.22. The summed E-state index contributed by atoms with van der Waals surface area (Å²) in [4.78, 5) is 13.3. The molecule has 1 aliphatic carbocycles. The molecule has 1 aliphatic heterocycles. The summed E-state index contributed by atoms with van der Waals surface area (Å²) >= 11 is 0. The third-order valence-corrected chi connectivity index (χ3v) is 2.95. The second-order valence-electron chi connectivity index (χ2n) is 4.22. The van der Waals surface area contributed by atoms with Gasteiger partial charge in [0.1, 0.15) is 0 Å². The monoisotopic (exact) mass is 169 g/mol. The van der Waals surface area contributed by atoms with Gasteiger partial charge in [0.25, 0.3) is 0 Å². The third-order valence-electron chi connectivity index (χ3n) is 2.95. The molecule has 0 aromatic rings. The first-order chi connectivity index (χ1) is 5.61. The smallest absolute Gasteiger partial charge is 0.225 e. The zero-order chi connectivity index (χ0) is 8.88. The number of nitrogens with zero attached hydrogens (tertiary/aromatic N) is 1. The van der Waals surface area contributed by atoms with Gasteiger partial charge in [-0.25, -0.2) is 0 Å². The molecule has 0 unspecified atom stereocenters. The van der Waals surface area contributed by atoms with E-state index in [1.807, 2.05) is 18.7 Å². The highest BCUT2D eigenvalue weighted by atomic mass is 16.3. The van der Waals surface area contributed by atoms with Crippen LogP contribution in [0, 0.1) is 17.8 Å². The molecule has 0 radical (unpaired) electrons. The molecule has 3 heteroatoms. The normalized spacial score (nSPS) is 38.7. The van der Waals surface area contributed by atoms with E-state index in [1.165, 1.54) is 0 Å². The summed E-state index contributed by atoms with van der Waals surface area (Å²) < 4.78 is 0. The maximum Gasteiger partial charge on any atom is 0.225 e. The minimum Gasteiger partial charge on any atom is -0.392 e. The van der Waals surface area contributed by atoms with Crippen LogP contribution in [-0.4, -0.2) is 35.1 Å².